The third-order valence-electron chi connectivity index (χ3n) is 3.02. The quantitative estimate of drug-likeness (QED) is 0.788. The highest BCUT2D eigenvalue weighted by molar-refractivity contribution is 5.73. The first-order valence-electron chi connectivity index (χ1n) is 6.22. The molecule has 0 aliphatic carbocycles. The number of allylic oxidation sites excluding steroid dienone is 3. The molecule has 1 heterocycles. The molecule has 0 radical (unpaired) electrons. The molecule has 1 aliphatic heterocycles. The zero-order valence-corrected chi connectivity index (χ0v) is 11.2. The van der Waals surface area contributed by atoms with Gasteiger partial charge in [-0.3, -0.25) is 4.84 Å². The minimum absolute atomic E-state index is 0.621. The highest BCUT2D eigenvalue weighted by Crippen LogP contribution is 2.34. The Labute approximate surface area is 109 Å². The van der Waals surface area contributed by atoms with E-state index in [1.807, 2.05) is 30.2 Å². The summed E-state index contributed by atoms with van der Waals surface area (Å²) in [6, 6.07) is 10.3. The minimum atomic E-state index is 0.621. The average Bonchev–Trinajstić information content (AvgIpc) is 2.37. The topological polar surface area (TPSA) is 12.5 Å². The smallest absolute Gasteiger partial charge is 0.0796 e. The molecule has 0 atom stereocenters. The summed E-state index contributed by atoms with van der Waals surface area (Å²) in [6.07, 6.45) is 2.15. The monoisotopic (exact) mass is 241 g/mol. The molecule has 0 saturated carbocycles. The van der Waals surface area contributed by atoms with Gasteiger partial charge in [0.2, 0.25) is 0 Å². The van der Waals surface area contributed by atoms with Crippen molar-refractivity contribution in [2.45, 2.75) is 20.8 Å². The van der Waals surface area contributed by atoms with Gasteiger partial charge in [-0.2, -0.15) is 0 Å². The molecule has 0 bridgehead atoms. The number of hydrogen-bond acceptors (Lipinski definition) is 2. The fourth-order valence-electron chi connectivity index (χ4n) is 2.14. The molecule has 0 unspecified atom stereocenters. The third-order valence-corrected chi connectivity index (χ3v) is 3.02. The van der Waals surface area contributed by atoms with Crippen LogP contribution in [0.4, 0.5) is 0 Å². The van der Waals surface area contributed by atoms with Crippen molar-refractivity contribution in [3.63, 3.8) is 0 Å². The van der Waals surface area contributed by atoms with E-state index >= 15 is 0 Å². The number of nitrogens with zero attached hydrogens (tertiary/aromatic N) is 1. The molecule has 1 aromatic carbocycles. The van der Waals surface area contributed by atoms with Crippen LogP contribution in [0.25, 0.3) is 5.70 Å². The first-order chi connectivity index (χ1) is 8.65. The molecular weight excluding hydrogens is 222 g/mol. The Balaban J connectivity index is 2.52. The molecule has 2 heteroatoms. The van der Waals surface area contributed by atoms with E-state index < -0.39 is 0 Å². The second-order valence-electron chi connectivity index (χ2n) is 4.38. The van der Waals surface area contributed by atoms with E-state index in [1.165, 1.54) is 5.57 Å². The third kappa shape index (κ3) is 2.24. The number of hydroxylamine groups is 2. The van der Waals surface area contributed by atoms with Gasteiger partial charge in [-0.25, -0.2) is 5.06 Å². The Kier molecular flexibility index (Phi) is 3.68. The highest BCUT2D eigenvalue weighted by Gasteiger charge is 2.22. The summed E-state index contributed by atoms with van der Waals surface area (Å²) in [5, 5.41) is 1.85. The fraction of sp³-hybridized carbons (Fsp3) is 0.250. The van der Waals surface area contributed by atoms with Gasteiger partial charge in [0.15, 0.2) is 0 Å². The maximum Gasteiger partial charge on any atom is 0.0796 e. The van der Waals surface area contributed by atoms with E-state index in [0.29, 0.717) is 6.61 Å². The van der Waals surface area contributed by atoms with Crippen molar-refractivity contribution in [1.29, 1.82) is 0 Å². The van der Waals surface area contributed by atoms with Gasteiger partial charge < -0.3 is 0 Å². The van der Waals surface area contributed by atoms with E-state index in [9.17, 15) is 0 Å². The van der Waals surface area contributed by atoms with Gasteiger partial charge in [0.25, 0.3) is 0 Å². The van der Waals surface area contributed by atoms with E-state index in [1.54, 1.807) is 0 Å². The Morgan fingerprint density at radius 1 is 1.17 bits per heavy atom. The Morgan fingerprint density at radius 3 is 2.44 bits per heavy atom. The average molecular weight is 241 g/mol. The molecule has 18 heavy (non-hydrogen) atoms. The van der Waals surface area contributed by atoms with Crippen LogP contribution in [0, 0.1) is 0 Å². The number of benzene rings is 1. The lowest BCUT2D eigenvalue weighted by Crippen LogP contribution is -2.25. The van der Waals surface area contributed by atoms with Crippen LogP contribution in [0.5, 0.6) is 0 Å². The van der Waals surface area contributed by atoms with Gasteiger partial charge in [0.05, 0.1) is 18.0 Å². The molecular formula is C16H19NO. The zero-order valence-electron chi connectivity index (χ0n) is 11.2. The summed E-state index contributed by atoms with van der Waals surface area (Å²) in [6.45, 7) is 10.9. The summed E-state index contributed by atoms with van der Waals surface area (Å²) >= 11 is 0. The van der Waals surface area contributed by atoms with Gasteiger partial charge >= 0.3 is 0 Å². The van der Waals surface area contributed by atoms with Gasteiger partial charge in [-0.1, -0.05) is 43.0 Å². The largest absolute Gasteiger partial charge is 0.269 e. The molecule has 1 aliphatic rings. The zero-order chi connectivity index (χ0) is 13.1. The van der Waals surface area contributed by atoms with Crippen molar-refractivity contribution < 1.29 is 4.84 Å². The summed E-state index contributed by atoms with van der Waals surface area (Å²) in [7, 11) is 0. The van der Waals surface area contributed by atoms with Crippen LogP contribution in [0.1, 0.15) is 26.3 Å². The first-order valence-corrected chi connectivity index (χ1v) is 6.22. The van der Waals surface area contributed by atoms with Gasteiger partial charge in [0, 0.05) is 5.56 Å². The minimum Gasteiger partial charge on any atom is -0.269 e. The fourth-order valence-corrected chi connectivity index (χ4v) is 2.14. The van der Waals surface area contributed by atoms with Gasteiger partial charge in [-0.15, -0.1) is 0 Å². The lowest BCUT2D eigenvalue weighted by Gasteiger charge is -2.32. The van der Waals surface area contributed by atoms with E-state index in [2.05, 4.69) is 38.6 Å². The lowest BCUT2D eigenvalue weighted by atomic mass is 9.99. The summed E-state index contributed by atoms with van der Waals surface area (Å²) in [5.74, 6) is 0. The normalized spacial score (nSPS) is 16.1. The molecule has 0 saturated heterocycles. The van der Waals surface area contributed by atoms with Crippen molar-refractivity contribution in [1.82, 2.24) is 5.06 Å². The van der Waals surface area contributed by atoms with Gasteiger partial charge in [0.1, 0.15) is 0 Å². The number of rotatable bonds is 3. The second kappa shape index (κ2) is 5.23. The van der Waals surface area contributed by atoms with Crippen LogP contribution in [0.3, 0.4) is 0 Å². The van der Waals surface area contributed by atoms with Crippen molar-refractivity contribution in [2.75, 3.05) is 6.61 Å². The molecule has 0 amide bonds. The van der Waals surface area contributed by atoms with Gasteiger partial charge in [-0.05, 0) is 31.9 Å². The maximum absolute atomic E-state index is 5.74. The Bertz CT molecular complexity index is 511. The molecule has 0 N–H and O–H groups in total. The highest BCUT2D eigenvalue weighted by atomic mass is 16.7. The molecule has 2 rings (SSSR count). The standard InChI is InChI=1S/C16H19NO/c1-5-18-17-14(4)12(2)11-13(3)16(17)15-9-7-6-8-10-15/h6-11H,4-5H2,1-3H3. The van der Waals surface area contributed by atoms with Crippen LogP contribution in [0.15, 0.2) is 59.8 Å². The van der Waals surface area contributed by atoms with E-state index in [-0.39, 0.29) is 0 Å². The van der Waals surface area contributed by atoms with Crippen molar-refractivity contribution in [3.05, 3.63) is 65.4 Å². The van der Waals surface area contributed by atoms with Crippen LogP contribution < -0.4 is 0 Å². The molecule has 0 fully saturated rings. The summed E-state index contributed by atoms with van der Waals surface area (Å²) < 4.78 is 0. The Morgan fingerprint density at radius 2 is 1.83 bits per heavy atom. The molecule has 94 valence electrons. The molecule has 0 aromatic heterocycles. The second-order valence-corrected chi connectivity index (χ2v) is 4.38. The van der Waals surface area contributed by atoms with Crippen molar-refractivity contribution in [2.24, 2.45) is 0 Å². The predicted molar refractivity (Wildman–Crippen MR) is 75.4 cm³/mol. The van der Waals surface area contributed by atoms with Crippen LogP contribution >= 0.6 is 0 Å². The van der Waals surface area contributed by atoms with Crippen molar-refractivity contribution >= 4 is 5.70 Å². The Hall–Kier alpha value is -1.80. The van der Waals surface area contributed by atoms with Crippen LogP contribution in [-0.2, 0) is 4.84 Å². The van der Waals surface area contributed by atoms with E-state index in [4.69, 9.17) is 4.84 Å². The number of hydrogen-bond donors (Lipinski definition) is 0. The lowest BCUT2D eigenvalue weighted by molar-refractivity contribution is -0.0739. The van der Waals surface area contributed by atoms with Crippen molar-refractivity contribution in [3.8, 4) is 0 Å². The summed E-state index contributed by atoms with van der Waals surface area (Å²) in [4.78, 5) is 5.74. The van der Waals surface area contributed by atoms with Crippen LogP contribution in [0.2, 0.25) is 0 Å². The van der Waals surface area contributed by atoms with Crippen LogP contribution in [-0.4, -0.2) is 11.7 Å². The first kappa shape index (κ1) is 12.7. The molecule has 0 spiro atoms. The SMILES string of the molecule is C=C1C(C)=CC(C)=C(c2ccccc2)N1OCC. The molecule has 2 nitrogen and oxygen atoms in total. The summed E-state index contributed by atoms with van der Waals surface area (Å²) in [5.41, 5.74) is 5.46. The maximum atomic E-state index is 5.74. The van der Waals surface area contributed by atoms with E-state index in [0.717, 1.165) is 22.5 Å². The predicted octanol–water partition coefficient (Wildman–Crippen LogP) is 4.14. The molecule has 1 aromatic rings.